The number of para-hydroxylation sites is 1. The monoisotopic (exact) mass is 272 g/mol. The minimum Gasteiger partial charge on any atom is -0.396 e. The summed E-state index contributed by atoms with van der Waals surface area (Å²) >= 11 is 0. The van der Waals surface area contributed by atoms with E-state index in [4.69, 9.17) is 5.73 Å². The molecular formula is C16H17FN2O. The van der Waals surface area contributed by atoms with Crippen molar-refractivity contribution in [3.63, 3.8) is 0 Å². The molecule has 0 aliphatic carbocycles. The number of rotatable bonds is 4. The molecule has 104 valence electrons. The summed E-state index contributed by atoms with van der Waals surface area (Å²) in [4.78, 5) is 12.0. The van der Waals surface area contributed by atoms with Gasteiger partial charge in [0.05, 0.1) is 11.3 Å². The number of halogens is 1. The van der Waals surface area contributed by atoms with E-state index in [9.17, 15) is 9.18 Å². The van der Waals surface area contributed by atoms with E-state index in [1.54, 1.807) is 0 Å². The number of nitrogens with two attached hydrogens (primary N) is 1. The van der Waals surface area contributed by atoms with Crippen LogP contribution in [-0.2, 0) is 13.0 Å². The summed E-state index contributed by atoms with van der Waals surface area (Å²) in [5, 5.41) is 2.74. The summed E-state index contributed by atoms with van der Waals surface area (Å²) in [5.41, 5.74) is 7.83. The third-order valence-corrected chi connectivity index (χ3v) is 3.18. The van der Waals surface area contributed by atoms with Gasteiger partial charge in [-0.05, 0) is 29.7 Å². The van der Waals surface area contributed by atoms with Crippen molar-refractivity contribution in [3.05, 3.63) is 65.0 Å². The maximum atomic E-state index is 13.3. The standard InChI is InChI=1S/C16H17FN2O/c1-2-11-6-8-12(9-7-11)10-19-16(20)13-4-3-5-14(17)15(13)18/h3-9H,2,10,18H2,1H3,(H,19,20). The molecule has 0 fully saturated rings. The predicted octanol–water partition coefficient (Wildman–Crippen LogP) is 2.90. The van der Waals surface area contributed by atoms with E-state index in [0.717, 1.165) is 12.0 Å². The Morgan fingerprint density at radius 1 is 1.15 bits per heavy atom. The smallest absolute Gasteiger partial charge is 0.253 e. The largest absolute Gasteiger partial charge is 0.396 e. The summed E-state index contributed by atoms with van der Waals surface area (Å²) in [7, 11) is 0. The zero-order valence-electron chi connectivity index (χ0n) is 11.3. The van der Waals surface area contributed by atoms with E-state index in [1.165, 1.54) is 23.8 Å². The topological polar surface area (TPSA) is 55.1 Å². The molecular weight excluding hydrogens is 255 g/mol. The third kappa shape index (κ3) is 3.15. The number of anilines is 1. The molecule has 0 unspecified atom stereocenters. The first kappa shape index (κ1) is 14.1. The molecule has 2 rings (SSSR count). The molecule has 2 aromatic rings. The second-order valence-electron chi connectivity index (χ2n) is 4.55. The van der Waals surface area contributed by atoms with Crippen molar-refractivity contribution in [1.82, 2.24) is 5.32 Å². The summed E-state index contributed by atoms with van der Waals surface area (Å²) < 4.78 is 13.3. The molecule has 1 amide bonds. The number of nitrogen functional groups attached to an aromatic ring is 1. The van der Waals surface area contributed by atoms with Gasteiger partial charge in [-0.1, -0.05) is 37.3 Å². The lowest BCUT2D eigenvalue weighted by molar-refractivity contribution is 0.0951. The van der Waals surface area contributed by atoms with Gasteiger partial charge in [-0.15, -0.1) is 0 Å². The Morgan fingerprint density at radius 3 is 2.45 bits per heavy atom. The van der Waals surface area contributed by atoms with Gasteiger partial charge in [0.1, 0.15) is 5.82 Å². The van der Waals surface area contributed by atoms with Gasteiger partial charge in [0.25, 0.3) is 5.91 Å². The molecule has 4 heteroatoms. The van der Waals surface area contributed by atoms with Crippen LogP contribution in [0.3, 0.4) is 0 Å². The number of aryl methyl sites for hydroxylation is 1. The Balaban J connectivity index is 2.02. The van der Waals surface area contributed by atoms with Gasteiger partial charge >= 0.3 is 0 Å². The fraction of sp³-hybridized carbons (Fsp3) is 0.188. The number of carbonyl (C=O) groups excluding carboxylic acids is 1. The first-order valence-electron chi connectivity index (χ1n) is 6.51. The Morgan fingerprint density at radius 2 is 1.80 bits per heavy atom. The Bertz CT molecular complexity index is 608. The molecule has 2 aromatic carbocycles. The van der Waals surface area contributed by atoms with Crippen LogP contribution in [0, 0.1) is 5.82 Å². The fourth-order valence-corrected chi connectivity index (χ4v) is 1.91. The van der Waals surface area contributed by atoms with Crippen LogP contribution in [0.2, 0.25) is 0 Å². The molecule has 0 aliphatic heterocycles. The number of hydrogen-bond acceptors (Lipinski definition) is 2. The quantitative estimate of drug-likeness (QED) is 0.841. The zero-order chi connectivity index (χ0) is 14.5. The molecule has 3 nitrogen and oxygen atoms in total. The highest BCUT2D eigenvalue weighted by atomic mass is 19.1. The lowest BCUT2D eigenvalue weighted by Gasteiger charge is -2.08. The minimum atomic E-state index is -0.579. The van der Waals surface area contributed by atoms with Crippen molar-refractivity contribution in [2.45, 2.75) is 19.9 Å². The van der Waals surface area contributed by atoms with Crippen LogP contribution in [0.4, 0.5) is 10.1 Å². The number of amides is 1. The number of nitrogens with one attached hydrogen (secondary N) is 1. The first-order valence-corrected chi connectivity index (χ1v) is 6.51. The van der Waals surface area contributed by atoms with Gasteiger partial charge in [-0.3, -0.25) is 4.79 Å². The second-order valence-corrected chi connectivity index (χ2v) is 4.55. The molecule has 0 saturated carbocycles. The van der Waals surface area contributed by atoms with Crippen molar-refractivity contribution >= 4 is 11.6 Å². The Labute approximate surface area is 117 Å². The fourth-order valence-electron chi connectivity index (χ4n) is 1.91. The average molecular weight is 272 g/mol. The van der Waals surface area contributed by atoms with E-state index in [-0.39, 0.29) is 17.2 Å². The Kier molecular flexibility index (Phi) is 4.35. The molecule has 3 N–H and O–H groups in total. The van der Waals surface area contributed by atoms with E-state index >= 15 is 0 Å². The molecule has 0 heterocycles. The van der Waals surface area contributed by atoms with Crippen molar-refractivity contribution in [3.8, 4) is 0 Å². The van der Waals surface area contributed by atoms with Crippen molar-refractivity contribution in [1.29, 1.82) is 0 Å². The average Bonchev–Trinajstić information content (AvgIpc) is 2.48. The van der Waals surface area contributed by atoms with Crippen LogP contribution in [0.25, 0.3) is 0 Å². The minimum absolute atomic E-state index is 0.119. The maximum Gasteiger partial charge on any atom is 0.253 e. The molecule has 0 aromatic heterocycles. The molecule has 0 radical (unpaired) electrons. The van der Waals surface area contributed by atoms with Crippen molar-refractivity contribution in [2.75, 3.05) is 5.73 Å². The van der Waals surface area contributed by atoms with Gasteiger partial charge in [-0.2, -0.15) is 0 Å². The highest BCUT2D eigenvalue weighted by Crippen LogP contribution is 2.15. The lowest BCUT2D eigenvalue weighted by atomic mass is 10.1. The lowest BCUT2D eigenvalue weighted by Crippen LogP contribution is -2.24. The zero-order valence-corrected chi connectivity index (χ0v) is 11.3. The van der Waals surface area contributed by atoms with E-state index in [2.05, 4.69) is 12.2 Å². The highest BCUT2D eigenvalue weighted by molar-refractivity contribution is 5.99. The summed E-state index contributed by atoms with van der Waals surface area (Å²) in [5.74, 6) is -0.952. The maximum absolute atomic E-state index is 13.3. The summed E-state index contributed by atoms with van der Waals surface area (Å²) in [6, 6.07) is 12.2. The van der Waals surface area contributed by atoms with Crippen molar-refractivity contribution in [2.24, 2.45) is 0 Å². The molecule has 0 saturated heterocycles. The summed E-state index contributed by atoms with van der Waals surface area (Å²) in [6.45, 7) is 2.47. The van der Waals surface area contributed by atoms with Crippen molar-refractivity contribution < 1.29 is 9.18 Å². The Hall–Kier alpha value is -2.36. The van der Waals surface area contributed by atoms with Gasteiger partial charge < -0.3 is 11.1 Å². The third-order valence-electron chi connectivity index (χ3n) is 3.18. The van der Waals surface area contributed by atoms with Gasteiger partial charge in [0.2, 0.25) is 0 Å². The summed E-state index contributed by atoms with van der Waals surface area (Å²) in [6.07, 6.45) is 0.979. The number of hydrogen-bond donors (Lipinski definition) is 2. The van der Waals surface area contributed by atoms with Crippen LogP contribution in [0.1, 0.15) is 28.4 Å². The van der Waals surface area contributed by atoms with Crippen LogP contribution in [0.15, 0.2) is 42.5 Å². The van der Waals surface area contributed by atoms with E-state index < -0.39 is 5.82 Å². The van der Waals surface area contributed by atoms with Crippen LogP contribution in [-0.4, -0.2) is 5.91 Å². The van der Waals surface area contributed by atoms with Gasteiger partial charge in [-0.25, -0.2) is 4.39 Å². The van der Waals surface area contributed by atoms with Crippen LogP contribution in [0.5, 0.6) is 0 Å². The second kappa shape index (κ2) is 6.19. The van der Waals surface area contributed by atoms with Gasteiger partial charge in [0.15, 0.2) is 0 Å². The van der Waals surface area contributed by atoms with E-state index in [0.29, 0.717) is 6.54 Å². The van der Waals surface area contributed by atoms with Crippen LogP contribution < -0.4 is 11.1 Å². The van der Waals surface area contributed by atoms with Gasteiger partial charge in [0, 0.05) is 6.54 Å². The number of carbonyl (C=O) groups is 1. The van der Waals surface area contributed by atoms with Crippen LogP contribution >= 0.6 is 0 Å². The first-order chi connectivity index (χ1) is 9.61. The predicted molar refractivity (Wildman–Crippen MR) is 77.8 cm³/mol. The highest BCUT2D eigenvalue weighted by Gasteiger charge is 2.11. The molecule has 0 atom stereocenters. The van der Waals surface area contributed by atoms with E-state index in [1.807, 2.05) is 24.3 Å². The molecule has 20 heavy (non-hydrogen) atoms. The normalized spacial score (nSPS) is 10.3. The molecule has 0 aliphatic rings. The SMILES string of the molecule is CCc1ccc(CNC(=O)c2cccc(F)c2N)cc1. The number of benzene rings is 2. The molecule has 0 bridgehead atoms. The molecule has 0 spiro atoms.